The van der Waals surface area contributed by atoms with Crippen molar-refractivity contribution in [1.82, 2.24) is 0 Å². The number of hydrogen-bond acceptors (Lipinski definition) is 2. The van der Waals surface area contributed by atoms with E-state index in [1.807, 2.05) is 37.3 Å². The molecular weight excluding hydrogens is 346 g/mol. The number of nitrogens with two attached hydrogens (primary N) is 1. The van der Waals surface area contributed by atoms with Crippen molar-refractivity contribution in [1.29, 1.82) is 0 Å². The Hall–Kier alpha value is -1.10. The fourth-order valence-corrected chi connectivity index (χ4v) is 2.80. The maximum atomic E-state index is 5.92. The number of rotatable bonds is 3. The Morgan fingerprint density at radius 2 is 2.00 bits per heavy atom. The van der Waals surface area contributed by atoms with E-state index in [9.17, 15) is 0 Å². The monoisotopic (exact) mass is 355 g/mol. The number of ether oxygens (including phenoxy) is 1. The molecule has 0 saturated carbocycles. The van der Waals surface area contributed by atoms with Crippen LogP contribution in [0.5, 0.6) is 11.5 Å². The van der Waals surface area contributed by atoms with E-state index in [-0.39, 0.29) is 4.99 Å². The van der Waals surface area contributed by atoms with Gasteiger partial charge in [-0.2, -0.15) is 0 Å². The van der Waals surface area contributed by atoms with Crippen LogP contribution in [0, 0.1) is 6.92 Å². The highest BCUT2D eigenvalue weighted by atomic mass is 79.9. The molecule has 0 aliphatic carbocycles. The van der Waals surface area contributed by atoms with Gasteiger partial charge in [-0.15, -0.1) is 0 Å². The molecule has 98 valence electrons. The third-order valence-corrected chi connectivity index (χ3v) is 3.68. The molecule has 2 rings (SSSR count). The van der Waals surface area contributed by atoms with Crippen LogP contribution in [-0.2, 0) is 0 Å². The number of aryl methyl sites for hydroxylation is 1. The van der Waals surface area contributed by atoms with Crippen molar-refractivity contribution in [3.05, 3.63) is 57.0 Å². The van der Waals surface area contributed by atoms with Crippen molar-refractivity contribution < 1.29 is 4.74 Å². The summed E-state index contributed by atoms with van der Waals surface area (Å²) in [5.74, 6) is 1.34. The molecule has 2 aromatic carbocycles. The molecular formula is C14H11BrClNOS. The van der Waals surface area contributed by atoms with E-state index in [0.29, 0.717) is 16.3 Å². The lowest BCUT2D eigenvalue weighted by molar-refractivity contribution is 0.477. The summed E-state index contributed by atoms with van der Waals surface area (Å²) in [6, 6.07) is 11.0. The van der Waals surface area contributed by atoms with Gasteiger partial charge in [0.05, 0.1) is 5.56 Å². The molecule has 0 fully saturated rings. The molecule has 0 saturated heterocycles. The molecule has 2 nitrogen and oxygen atoms in total. The highest BCUT2D eigenvalue weighted by molar-refractivity contribution is 9.10. The molecule has 2 N–H and O–H groups in total. The van der Waals surface area contributed by atoms with Gasteiger partial charge in [0.1, 0.15) is 16.5 Å². The van der Waals surface area contributed by atoms with Crippen LogP contribution in [0.1, 0.15) is 11.1 Å². The standard InChI is InChI=1S/C14H11BrClNOS/c1-8-7-9(16)5-6-11(8)18-12-4-2-3-10(15)13(12)14(17)19/h2-7H,1H3,(H2,17,19). The molecule has 19 heavy (non-hydrogen) atoms. The first-order valence-corrected chi connectivity index (χ1v) is 7.09. The number of hydrogen-bond donors (Lipinski definition) is 1. The fourth-order valence-electron chi connectivity index (χ4n) is 1.67. The third kappa shape index (κ3) is 3.26. The largest absolute Gasteiger partial charge is 0.456 e. The molecule has 0 aliphatic rings. The Balaban J connectivity index is 2.44. The summed E-state index contributed by atoms with van der Waals surface area (Å²) in [6.07, 6.45) is 0. The predicted molar refractivity (Wildman–Crippen MR) is 86.3 cm³/mol. The van der Waals surface area contributed by atoms with Crippen LogP contribution < -0.4 is 10.5 Å². The first-order chi connectivity index (χ1) is 8.99. The van der Waals surface area contributed by atoms with Gasteiger partial charge in [-0.1, -0.05) is 29.9 Å². The maximum absolute atomic E-state index is 5.92. The molecule has 0 aromatic heterocycles. The van der Waals surface area contributed by atoms with Gasteiger partial charge in [-0.25, -0.2) is 0 Å². The van der Waals surface area contributed by atoms with E-state index in [2.05, 4.69) is 15.9 Å². The normalized spacial score (nSPS) is 10.3. The zero-order chi connectivity index (χ0) is 14.0. The molecule has 2 aromatic rings. The quantitative estimate of drug-likeness (QED) is 0.799. The first kappa shape index (κ1) is 14.3. The zero-order valence-electron chi connectivity index (χ0n) is 10.1. The van der Waals surface area contributed by atoms with Crippen LogP contribution in [-0.4, -0.2) is 4.99 Å². The molecule has 0 unspecified atom stereocenters. The Morgan fingerprint density at radius 1 is 1.26 bits per heavy atom. The van der Waals surface area contributed by atoms with Gasteiger partial charge in [0.15, 0.2) is 0 Å². The molecule has 5 heteroatoms. The summed E-state index contributed by atoms with van der Waals surface area (Å²) in [5.41, 5.74) is 7.36. The van der Waals surface area contributed by atoms with Crippen LogP contribution in [0.25, 0.3) is 0 Å². The van der Waals surface area contributed by atoms with Crippen LogP contribution in [0.2, 0.25) is 5.02 Å². The van der Waals surface area contributed by atoms with E-state index in [1.165, 1.54) is 0 Å². The van der Waals surface area contributed by atoms with Crippen LogP contribution in [0.3, 0.4) is 0 Å². The number of halogens is 2. The Kier molecular flexibility index (Phi) is 4.45. The summed E-state index contributed by atoms with van der Waals surface area (Å²) < 4.78 is 6.69. The van der Waals surface area contributed by atoms with Crippen LogP contribution in [0.4, 0.5) is 0 Å². The van der Waals surface area contributed by atoms with Crippen molar-refractivity contribution >= 4 is 44.7 Å². The number of thiocarbonyl (C=S) groups is 1. The van der Waals surface area contributed by atoms with Crippen molar-refractivity contribution in [2.24, 2.45) is 5.73 Å². The van der Waals surface area contributed by atoms with Gasteiger partial charge in [-0.05, 0) is 58.7 Å². The molecule has 0 amide bonds. The van der Waals surface area contributed by atoms with Gasteiger partial charge in [0.25, 0.3) is 0 Å². The number of benzene rings is 2. The third-order valence-electron chi connectivity index (χ3n) is 2.58. The summed E-state index contributed by atoms with van der Waals surface area (Å²) in [6.45, 7) is 1.93. The van der Waals surface area contributed by atoms with Gasteiger partial charge < -0.3 is 10.5 Å². The lowest BCUT2D eigenvalue weighted by atomic mass is 10.2. The highest BCUT2D eigenvalue weighted by Crippen LogP contribution is 2.32. The summed E-state index contributed by atoms with van der Waals surface area (Å²) in [5, 5.41) is 0.675. The molecule has 0 heterocycles. The van der Waals surface area contributed by atoms with Gasteiger partial charge in [0, 0.05) is 9.50 Å². The van der Waals surface area contributed by atoms with E-state index in [1.54, 1.807) is 6.07 Å². The second-order valence-electron chi connectivity index (χ2n) is 3.99. The Morgan fingerprint density at radius 3 is 2.63 bits per heavy atom. The summed E-state index contributed by atoms with van der Waals surface area (Å²) >= 11 is 14.4. The van der Waals surface area contributed by atoms with Crippen LogP contribution >= 0.6 is 39.7 Å². The minimum absolute atomic E-state index is 0.286. The SMILES string of the molecule is Cc1cc(Cl)ccc1Oc1cccc(Br)c1C(N)=S. The smallest absolute Gasteiger partial charge is 0.138 e. The van der Waals surface area contributed by atoms with Crippen molar-refractivity contribution in [2.75, 3.05) is 0 Å². The second-order valence-corrected chi connectivity index (χ2v) is 5.72. The van der Waals surface area contributed by atoms with Gasteiger partial charge in [0.2, 0.25) is 0 Å². The second kappa shape index (κ2) is 5.90. The predicted octanol–water partition coefficient (Wildman–Crippen LogP) is 4.84. The molecule has 0 radical (unpaired) electrons. The van der Waals surface area contributed by atoms with Crippen molar-refractivity contribution in [3.63, 3.8) is 0 Å². The average Bonchev–Trinajstić information content (AvgIpc) is 2.32. The average molecular weight is 357 g/mol. The minimum Gasteiger partial charge on any atom is -0.456 e. The van der Waals surface area contributed by atoms with Gasteiger partial charge >= 0.3 is 0 Å². The zero-order valence-corrected chi connectivity index (χ0v) is 13.3. The molecule has 0 aliphatic heterocycles. The molecule has 0 spiro atoms. The van der Waals surface area contributed by atoms with Crippen molar-refractivity contribution in [2.45, 2.75) is 6.92 Å². The first-order valence-electron chi connectivity index (χ1n) is 5.51. The topological polar surface area (TPSA) is 35.2 Å². The maximum Gasteiger partial charge on any atom is 0.138 e. The van der Waals surface area contributed by atoms with Crippen LogP contribution in [0.15, 0.2) is 40.9 Å². The van der Waals surface area contributed by atoms with Crippen molar-refractivity contribution in [3.8, 4) is 11.5 Å². The summed E-state index contributed by atoms with van der Waals surface area (Å²) in [7, 11) is 0. The van der Waals surface area contributed by atoms with E-state index in [4.69, 9.17) is 34.3 Å². The molecule has 0 bridgehead atoms. The van der Waals surface area contributed by atoms with E-state index < -0.39 is 0 Å². The lowest BCUT2D eigenvalue weighted by Gasteiger charge is -2.13. The minimum atomic E-state index is 0.286. The van der Waals surface area contributed by atoms with E-state index in [0.717, 1.165) is 15.8 Å². The Bertz CT molecular complexity index is 645. The van der Waals surface area contributed by atoms with E-state index >= 15 is 0 Å². The lowest BCUT2D eigenvalue weighted by Crippen LogP contribution is -2.11. The summed E-state index contributed by atoms with van der Waals surface area (Å²) in [4.78, 5) is 0.286. The van der Waals surface area contributed by atoms with Gasteiger partial charge in [-0.3, -0.25) is 0 Å². The molecule has 0 atom stereocenters. The Labute approximate surface area is 130 Å². The fraction of sp³-hybridized carbons (Fsp3) is 0.0714. The highest BCUT2D eigenvalue weighted by Gasteiger charge is 2.12.